The average Bonchev–Trinajstić information content (AvgIpc) is 3.08. The largest absolute Gasteiger partial charge is 0.388 e. The average molecular weight is 339 g/mol. The molecule has 1 unspecified atom stereocenters. The molecule has 1 heterocycles. The number of aliphatic hydroxyl groups is 1. The second-order valence-corrected chi connectivity index (χ2v) is 6.83. The summed E-state index contributed by atoms with van der Waals surface area (Å²) in [4.78, 5) is 2.52. The quantitative estimate of drug-likeness (QED) is 0.569. The maximum absolute atomic E-state index is 10.6. The van der Waals surface area contributed by atoms with Gasteiger partial charge in [0.25, 0.3) is 0 Å². The maximum atomic E-state index is 10.6. The molecule has 126 valence electrons. The van der Waals surface area contributed by atoms with Crippen LogP contribution in [0, 0.1) is 6.92 Å². The summed E-state index contributed by atoms with van der Waals surface area (Å²) in [6.45, 7) is 6.11. The zero-order chi connectivity index (χ0) is 17.4. The van der Waals surface area contributed by atoms with E-state index < -0.39 is 6.10 Å². The third kappa shape index (κ3) is 4.80. The van der Waals surface area contributed by atoms with Gasteiger partial charge >= 0.3 is 0 Å². The standard InChI is InChI=1S/C20H20OS.C2H6/c1-15-11-14-20(22-15)18-10-6-5-9-17(18)19(21)13-12-16-7-3-2-4-8-16;1-2/h2-11,14,19,21H,12-13H2,1H3;1-2H3. The Morgan fingerprint density at radius 2 is 1.54 bits per heavy atom. The minimum atomic E-state index is -0.432. The number of thiophene rings is 1. The van der Waals surface area contributed by atoms with E-state index in [1.165, 1.54) is 15.3 Å². The van der Waals surface area contributed by atoms with Crippen molar-refractivity contribution in [3.63, 3.8) is 0 Å². The van der Waals surface area contributed by atoms with Crippen LogP contribution in [0.4, 0.5) is 0 Å². The Morgan fingerprint density at radius 3 is 2.21 bits per heavy atom. The van der Waals surface area contributed by atoms with E-state index in [-0.39, 0.29) is 0 Å². The summed E-state index contributed by atoms with van der Waals surface area (Å²) in [5, 5.41) is 10.6. The lowest BCUT2D eigenvalue weighted by atomic mass is 9.96. The third-order valence-electron chi connectivity index (χ3n) is 3.87. The Balaban J connectivity index is 0.00000100. The second-order valence-electron chi connectivity index (χ2n) is 5.54. The molecule has 0 saturated heterocycles. The maximum Gasteiger partial charge on any atom is 0.0799 e. The fraction of sp³-hybridized carbons (Fsp3) is 0.273. The first kappa shape index (κ1) is 18.4. The predicted octanol–water partition coefficient (Wildman–Crippen LogP) is 6.42. The van der Waals surface area contributed by atoms with Crippen LogP contribution in [-0.2, 0) is 6.42 Å². The van der Waals surface area contributed by atoms with Crippen LogP contribution in [0.1, 0.15) is 42.4 Å². The van der Waals surface area contributed by atoms with Crippen molar-refractivity contribution in [1.29, 1.82) is 0 Å². The highest BCUT2D eigenvalue weighted by Crippen LogP contribution is 2.34. The lowest BCUT2D eigenvalue weighted by Crippen LogP contribution is -2.01. The molecule has 2 aromatic carbocycles. The monoisotopic (exact) mass is 338 g/mol. The summed E-state index contributed by atoms with van der Waals surface area (Å²) >= 11 is 1.78. The molecular formula is C22H26OS. The fourth-order valence-electron chi connectivity index (χ4n) is 2.69. The first-order chi connectivity index (χ1) is 11.7. The van der Waals surface area contributed by atoms with Crippen LogP contribution in [0.3, 0.4) is 0 Å². The smallest absolute Gasteiger partial charge is 0.0799 e. The molecule has 0 spiro atoms. The van der Waals surface area contributed by atoms with Gasteiger partial charge in [0, 0.05) is 9.75 Å². The van der Waals surface area contributed by atoms with Crippen LogP contribution in [0.5, 0.6) is 0 Å². The molecule has 24 heavy (non-hydrogen) atoms. The lowest BCUT2D eigenvalue weighted by Gasteiger charge is -2.15. The topological polar surface area (TPSA) is 20.2 Å². The van der Waals surface area contributed by atoms with Crippen molar-refractivity contribution in [2.45, 2.75) is 39.7 Å². The molecule has 1 nitrogen and oxygen atoms in total. The van der Waals surface area contributed by atoms with Crippen molar-refractivity contribution >= 4 is 11.3 Å². The molecule has 0 bridgehead atoms. The highest BCUT2D eigenvalue weighted by atomic mass is 32.1. The number of aliphatic hydroxyl groups excluding tert-OH is 1. The summed E-state index contributed by atoms with van der Waals surface area (Å²) in [6.07, 6.45) is 1.20. The van der Waals surface area contributed by atoms with Gasteiger partial charge in [-0.2, -0.15) is 0 Å². The first-order valence-corrected chi connectivity index (χ1v) is 9.43. The van der Waals surface area contributed by atoms with Crippen LogP contribution in [0.15, 0.2) is 66.7 Å². The van der Waals surface area contributed by atoms with E-state index in [1.54, 1.807) is 11.3 Å². The molecule has 1 atom stereocenters. The summed E-state index contributed by atoms with van der Waals surface area (Å²) in [5.41, 5.74) is 3.45. The Kier molecular flexibility index (Phi) is 7.23. The molecule has 1 aromatic heterocycles. The van der Waals surface area contributed by atoms with Crippen molar-refractivity contribution in [3.05, 3.63) is 82.7 Å². The molecule has 2 heteroatoms. The van der Waals surface area contributed by atoms with E-state index in [0.717, 1.165) is 24.0 Å². The Morgan fingerprint density at radius 1 is 0.875 bits per heavy atom. The van der Waals surface area contributed by atoms with E-state index >= 15 is 0 Å². The van der Waals surface area contributed by atoms with E-state index in [2.05, 4.69) is 37.3 Å². The number of hydrogen-bond acceptors (Lipinski definition) is 2. The van der Waals surface area contributed by atoms with Gasteiger partial charge in [0.15, 0.2) is 0 Å². The number of benzene rings is 2. The zero-order valence-electron chi connectivity index (χ0n) is 14.7. The Bertz CT molecular complexity index is 730. The van der Waals surface area contributed by atoms with Gasteiger partial charge in [-0.25, -0.2) is 0 Å². The Labute approximate surface area is 149 Å². The van der Waals surface area contributed by atoms with E-state index in [4.69, 9.17) is 0 Å². The minimum absolute atomic E-state index is 0.432. The molecule has 1 N–H and O–H groups in total. The van der Waals surface area contributed by atoms with Gasteiger partial charge in [0.2, 0.25) is 0 Å². The summed E-state index contributed by atoms with van der Waals surface area (Å²) in [5.74, 6) is 0. The summed E-state index contributed by atoms with van der Waals surface area (Å²) in [7, 11) is 0. The molecule has 0 fully saturated rings. The van der Waals surface area contributed by atoms with Gasteiger partial charge in [0.05, 0.1) is 6.10 Å². The molecule has 0 saturated carbocycles. The molecule has 3 rings (SSSR count). The molecule has 0 aliphatic carbocycles. The van der Waals surface area contributed by atoms with Gasteiger partial charge in [-0.05, 0) is 48.6 Å². The van der Waals surface area contributed by atoms with Crippen LogP contribution in [0.25, 0.3) is 10.4 Å². The molecule has 0 aliphatic heterocycles. The molecule has 0 aliphatic rings. The normalized spacial score (nSPS) is 11.5. The Hall–Kier alpha value is -1.90. The van der Waals surface area contributed by atoms with Crippen molar-refractivity contribution < 1.29 is 5.11 Å². The van der Waals surface area contributed by atoms with Gasteiger partial charge in [-0.1, -0.05) is 68.4 Å². The van der Waals surface area contributed by atoms with Gasteiger partial charge in [-0.3, -0.25) is 0 Å². The number of rotatable bonds is 5. The number of hydrogen-bond donors (Lipinski definition) is 1. The fourth-order valence-corrected chi connectivity index (χ4v) is 3.61. The molecular weight excluding hydrogens is 312 g/mol. The van der Waals surface area contributed by atoms with Crippen LogP contribution in [-0.4, -0.2) is 5.11 Å². The highest BCUT2D eigenvalue weighted by molar-refractivity contribution is 7.15. The molecule has 3 aromatic rings. The van der Waals surface area contributed by atoms with Gasteiger partial charge < -0.3 is 5.11 Å². The van der Waals surface area contributed by atoms with Crippen LogP contribution in [0.2, 0.25) is 0 Å². The summed E-state index contributed by atoms with van der Waals surface area (Å²) < 4.78 is 0. The minimum Gasteiger partial charge on any atom is -0.388 e. The summed E-state index contributed by atoms with van der Waals surface area (Å²) in [6, 6.07) is 22.8. The first-order valence-electron chi connectivity index (χ1n) is 8.62. The van der Waals surface area contributed by atoms with Crippen LogP contribution >= 0.6 is 11.3 Å². The lowest BCUT2D eigenvalue weighted by molar-refractivity contribution is 0.168. The van der Waals surface area contributed by atoms with E-state index in [0.29, 0.717) is 0 Å². The van der Waals surface area contributed by atoms with Crippen molar-refractivity contribution in [3.8, 4) is 10.4 Å². The highest BCUT2D eigenvalue weighted by Gasteiger charge is 2.14. The number of aryl methyl sites for hydroxylation is 2. The van der Waals surface area contributed by atoms with Crippen molar-refractivity contribution in [2.75, 3.05) is 0 Å². The van der Waals surface area contributed by atoms with Crippen molar-refractivity contribution in [2.24, 2.45) is 0 Å². The van der Waals surface area contributed by atoms with Gasteiger partial charge in [-0.15, -0.1) is 11.3 Å². The van der Waals surface area contributed by atoms with E-state index in [1.807, 2.05) is 50.2 Å². The second kappa shape index (κ2) is 9.41. The molecule has 0 amide bonds. The van der Waals surface area contributed by atoms with E-state index in [9.17, 15) is 5.11 Å². The zero-order valence-corrected chi connectivity index (χ0v) is 15.5. The SMILES string of the molecule is CC.Cc1ccc(-c2ccccc2C(O)CCc2ccccc2)s1. The van der Waals surface area contributed by atoms with Crippen LogP contribution < -0.4 is 0 Å². The predicted molar refractivity (Wildman–Crippen MR) is 106 cm³/mol. The molecule has 0 radical (unpaired) electrons. The van der Waals surface area contributed by atoms with Crippen molar-refractivity contribution in [1.82, 2.24) is 0 Å². The van der Waals surface area contributed by atoms with Gasteiger partial charge in [0.1, 0.15) is 0 Å². The third-order valence-corrected chi connectivity index (χ3v) is 4.91.